The Morgan fingerprint density at radius 2 is 2.12 bits per heavy atom. The van der Waals surface area contributed by atoms with Crippen LogP contribution in [0.4, 0.5) is 4.39 Å². The summed E-state index contributed by atoms with van der Waals surface area (Å²) in [4.78, 5) is 7.43. The summed E-state index contributed by atoms with van der Waals surface area (Å²) in [6.07, 6.45) is 2.79. The van der Waals surface area contributed by atoms with E-state index < -0.39 is 0 Å². The summed E-state index contributed by atoms with van der Waals surface area (Å²) >= 11 is 0. The molecular formula is C13H14FN3. The van der Waals surface area contributed by atoms with Gasteiger partial charge in [0.05, 0.1) is 5.56 Å². The van der Waals surface area contributed by atoms with E-state index in [1.807, 2.05) is 6.07 Å². The molecule has 0 saturated carbocycles. The molecule has 1 saturated heterocycles. The van der Waals surface area contributed by atoms with Gasteiger partial charge < -0.3 is 10.3 Å². The van der Waals surface area contributed by atoms with Crippen molar-refractivity contribution in [1.29, 1.82) is 0 Å². The molecule has 1 fully saturated rings. The highest BCUT2D eigenvalue weighted by atomic mass is 19.1. The number of nitrogens with zero attached hydrogens (tertiary/aromatic N) is 1. The van der Waals surface area contributed by atoms with Crippen LogP contribution in [0, 0.1) is 11.7 Å². The second kappa shape index (κ2) is 4.30. The van der Waals surface area contributed by atoms with Crippen LogP contribution in [0.3, 0.4) is 0 Å². The minimum Gasteiger partial charge on any atom is -0.342 e. The SMILES string of the molecule is Fc1ccccc1-c1ncc(CC2CNC2)[nH]1. The predicted octanol–water partition coefficient (Wildman–Crippen LogP) is 1.98. The van der Waals surface area contributed by atoms with E-state index in [9.17, 15) is 4.39 Å². The van der Waals surface area contributed by atoms with Gasteiger partial charge in [-0.2, -0.15) is 0 Å². The highest BCUT2D eigenvalue weighted by Crippen LogP contribution is 2.20. The van der Waals surface area contributed by atoms with Crippen LogP contribution in [0.2, 0.25) is 0 Å². The van der Waals surface area contributed by atoms with Crippen molar-refractivity contribution in [2.75, 3.05) is 13.1 Å². The van der Waals surface area contributed by atoms with E-state index in [4.69, 9.17) is 0 Å². The molecule has 1 aromatic heterocycles. The van der Waals surface area contributed by atoms with Gasteiger partial charge in [-0.25, -0.2) is 9.37 Å². The third kappa shape index (κ3) is 2.08. The number of nitrogens with one attached hydrogen (secondary N) is 2. The third-order valence-corrected chi connectivity index (χ3v) is 3.13. The Balaban J connectivity index is 1.82. The lowest BCUT2D eigenvalue weighted by Gasteiger charge is -2.26. The molecule has 2 heterocycles. The highest BCUT2D eigenvalue weighted by Gasteiger charge is 2.18. The number of benzene rings is 1. The van der Waals surface area contributed by atoms with E-state index in [1.54, 1.807) is 18.3 Å². The number of aromatic amines is 1. The number of imidazole rings is 1. The second-order valence-electron chi connectivity index (χ2n) is 4.47. The topological polar surface area (TPSA) is 40.7 Å². The second-order valence-corrected chi connectivity index (χ2v) is 4.47. The number of halogens is 1. The highest BCUT2D eigenvalue weighted by molar-refractivity contribution is 5.55. The Bertz CT molecular complexity index is 517. The van der Waals surface area contributed by atoms with Gasteiger partial charge in [-0.15, -0.1) is 0 Å². The summed E-state index contributed by atoms with van der Waals surface area (Å²) in [7, 11) is 0. The van der Waals surface area contributed by atoms with E-state index in [0.29, 0.717) is 17.3 Å². The predicted molar refractivity (Wildman–Crippen MR) is 64.0 cm³/mol. The molecule has 0 radical (unpaired) electrons. The lowest BCUT2D eigenvalue weighted by Crippen LogP contribution is -2.43. The molecule has 17 heavy (non-hydrogen) atoms. The molecule has 0 amide bonds. The summed E-state index contributed by atoms with van der Waals surface area (Å²) in [6.45, 7) is 2.13. The molecule has 0 bridgehead atoms. The van der Waals surface area contributed by atoms with Crippen LogP contribution in [-0.2, 0) is 6.42 Å². The number of hydrogen-bond acceptors (Lipinski definition) is 2. The smallest absolute Gasteiger partial charge is 0.140 e. The average molecular weight is 231 g/mol. The molecule has 0 atom stereocenters. The summed E-state index contributed by atoms with van der Waals surface area (Å²) in [6, 6.07) is 6.69. The first-order valence-corrected chi connectivity index (χ1v) is 5.82. The van der Waals surface area contributed by atoms with Crippen molar-refractivity contribution in [2.45, 2.75) is 6.42 Å². The van der Waals surface area contributed by atoms with Crippen molar-refractivity contribution in [3.8, 4) is 11.4 Å². The van der Waals surface area contributed by atoms with E-state index in [-0.39, 0.29) is 5.82 Å². The Kier molecular flexibility index (Phi) is 2.65. The van der Waals surface area contributed by atoms with Gasteiger partial charge in [-0.1, -0.05) is 12.1 Å². The lowest BCUT2D eigenvalue weighted by molar-refractivity contribution is 0.344. The molecule has 88 valence electrons. The number of aromatic nitrogens is 2. The van der Waals surface area contributed by atoms with E-state index >= 15 is 0 Å². The van der Waals surface area contributed by atoms with Crippen molar-refractivity contribution < 1.29 is 4.39 Å². The van der Waals surface area contributed by atoms with Crippen LogP contribution in [0.15, 0.2) is 30.5 Å². The van der Waals surface area contributed by atoms with Crippen LogP contribution in [0.5, 0.6) is 0 Å². The van der Waals surface area contributed by atoms with Gasteiger partial charge in [0.15, 0.2) is 0 Å². The molecule has 4 heteroatoms. The monoisotopic (exact) mass is 231 g/mol. The first-order chi connectivity index (χ1) is 8.33. The van der Waals surface area contributed by atoms with Gasteiger partial charge in [0.2, 0.25) is 0 Å². The minimum absolute atomic E-state index is 0.237. The van der Waals surface area contributed by atoms with Crippen LogP contribution in [-0.4, -0.2) is 23.1 Å². The van der Waals surface area contributed by atoms with Crippen molar-refractivity contribution >= 4 is 0 Å². The van der Waals surface area contributed by atoms with Crippen molar-refractivity contribution in [3.05, 3.63) is 42.0 Å². The molecule has 1 aliphatic heterocycles. The van der Waals surface area contributed by atoms with Crippen molar-refractivity contribution in [2.24, 2.45) is 5.92 Å². The Morgan fingerprint density at radius 1 is 1.29 bits per heavy atom. The zero-order valence-electron chi connectivity index (χ0n) is 9.41. The first-order valence-electron chi connectivity index (χ1n) is 5.82. The van der Waals surface area contributed by atoms with Crippen LogP contribution in [0.1, 0.15) is 5.69 Å². The van der Waals surface area contributed by atoms with E-state index in [0.717, 1.165) is 25.2 Å². The number of rotatable bonds is 3. The van der Waals surface area contributed by atoms with Crippen LogP contribution >= 0.6 is 0 Å². The van der Waals surface area contributed by atoms with E-state index in [1.165, 1.54) is 6.07 Å². The van der Waals surface area contributed by atoms with Crippen molar-refractivity contribution in [3.63, 3.8) is 0 Å². The number of H-pyrrole nitrogens is 1. The fourth-order valence-electron chi connectivity index (χ4n) is 2.06. The summed E-state index contributed by atoms with van der Waals surface area (Å²) in [5.74, 6) is 1.06. The molecule has 2 N–H and O–H groups in total. The first kappa shape index (κ1) is 10.5. The quantitative estimate of drug-likeness (QED) is 0.848. The van der Waals surface area contributed by atoms with Gasteiger partial charge in [0, 0.05) is 11.9 Å². The Labute approximate surface area is 99.1 Å². The molecule has 0 aliphatic carbocycles. The third-order valence-electron chi connectivity index (χ3n) is 3.13. The maximum Gasteiger partial charge on any atom is 0.140 e. The largest absolute Gasteiger partial charge is 0.342 e. The normalized spacial score (nSPS) is 15.8. The van der Waals surface area contributed by atoms with Gasteiger partial charge >= 0.3 is 0 Å². The maximum absolute atomic E-state index is 13.6. The van der Waals surface area contributed by atoms with Gasteiger partial charge in [0.1, 0.15) is 11.6 Å². The average Bonchev–Trinajstić information content (AvgIpc) is 2.73. The molecule has 0 spiro atoms. The molecule has 3 nitrogen and oxygen atoms in total. The standard InChI is InChI=1S/C13H14FN3/c14-12-4-2-1-3-11(12)13-16-8-10(17-13)5-9-6-15-7-9/h1-4,8-9,15H,5-7H2,(H,16,17). The van der Waals surface area contributed by atoms with Crippen LogP contribution in [0.25, 0.3) is 11.4 Å². The molecule has 0 unspecified atom stereocenters. The molecule has 1 aromatic carbocycles. The number of hydrogen-bond donors (Lipinski definition) is 2. The maximum atomic E-state index is 13.6. The fourth-order valence-corrected chi connectivity index (χ4v) is 2.06. The van der Waals surface area contributed by atoms with Gasteiger partial charge in [-0.3, -0.25) is 0 Å². The lowest BCUT2D eigenvalue weighted by atomic mass is 9.98. The molecule has 1 aliphatic rings. The molecule has 3 rings (SSSR count). The minimum atomic E-state index is -0.237. The summed E-state index contributed by atoms with van der Waals surface area (Å²) in [5, 5.41) is 3.23. The summed E-state index contributed by atoms with van der Waals surface area (Å²) in [5.41, 5.74) is 1.61. The van der Waals surface area contributed by atoms with E-state index in [2.05, 4.69) is 15.3 Å². The zero-order chi connectivity index (χ0) is 11.7. The fraction of sp³-hybridized carbons (Fsp3) is 0.308. The van der Waals surface area contributed by atoms with Gasteiger partial charge in [0.25, 0.3) is 0 Å². The van der Waals surface area contributed by atoms with Crippen molar-refractivity contribution in [1.82, 2.24) is 15.3 Å². The summed E-state index contributed by atoms with van der Waals surface area (Å²) < 4.78 is 13.6. The Morgan fingerprint density at radius 3 is 2.82 bits per heavy atom. The van der Waals surface area contributed by atoms with Gasteiger partial charge in [-0.05, 0) is 37.6 Å². The zero-order valence-corrected chi connectivity index (χ0v) is 9.41. The Hall–Kier alpha value is -1.68. The van der Waals surface area contributed by atoms with Crippen LogP contribution < -0.4 is 5.32 Å². The molecule has 2 aromatic rings. The molecular weight excluding hydrogens is 217 g/mol.